The van der Waals surface area contributed by atoms with Crippen LogP contribution in [0.15, 0.2) is 68.6 Å². The van der Waals surface area contributed by atoms with Crippen LogP contribution in [0.2, 0.25) is 0 Å². The van der Waals surface area contributed by atoms with E-state index in [-0.39, 0.29) is 27.3 Å². The Bertz CT molecular complexity index is 1720. The van der Waals surface area contributed by atoms with Crippen molar-refractivity contribution in [2.24, 2.45) is 10.2 Å². The maximum Gasteiger partial charge on any atom is 0.397 e. The number of fused-ring (bicyclic) bond motifs is 1. The lowest BCUT2D eigenvalue weighted by Gasteiger charge is -2.10. The normalized spacial score (nSPS) is 12.7. The molecule has 17 heteroatoms. The highest BCUT2D eigenvalue weighted by atomic mass is 32.3. The van der Waals surface area contributed by atoms with E-state index in [9.17, 15) is 39.7 Å². The van der Waals surface area contributed by atoms with Gasteiger partial charge in [0.25, 0.3) is 10.1 Å². The quantitative estimate of drug-likeness (QED) is 0.215. The molecule has 14 nitrogen and oxygen atoms in total. The third-order valence-corrected chi connectivity index (χ3v) is 7.72. The zero-order valence-electron chi connectivity index (χ0n) is 18.8. The summed E-state index contributed by atoms with van der Waals surface area (Å²) < 4.78 is 91.7. The molecule has 0 fully saturated rings. The maximum absolute atomic E-state index is 12.3. The molecule has 0 aliphatic rings. The first-order valence-electron chi connectivity index (χ1n) is 9.98. The van der Waals surface area contributed by atoms with Gasteiger partial charge in [0, 0.05) is 18.0 Å². The number of nitrogens with zero attached hydrogens (tertiary/aromatic N) is 2. The second kappa shape index (κ2) is 10.5. The number of aromatic hydroxyl groups is 1. The van der Waals surface area contributed by atoms with E-state index in [2.05, 4.69) is 19.7 Å². The van der Waals surface area contributed by atoms with Crippen molar-refractivity contribution in [3.8, 4) is 5.75 Å². The first-order chi connectivity index (χ1) is 17.1. The van der Waals surface area contributed by atoms with Crippen LogP contribution in [0.25, 0.3) is 10.8 Å². The second-order valence-electron chi connectivity index (χ2n) is 7.43. The number of benzene rings is 3. The third kappa shape index (κ3) is 7.28. The molecule has 37 heavy (non-hydrogen) atoms. The molecule has 0 heterocycles. The minimum absolute atomic E-state index is 0.0370. The van der Waals surface area contributed by atoms with Gasteiger partial charge in [-0.15, -0.1) is 5.11 Å². The van der Waals surface area contributed by atoms with E-state index in [1.165, 1.54) is 37.3 Å². The van der Waals surface area contributed by atoms with Crippen molar-refractivity contribution < 1.29 is 48.4 Å². The summed E-state index contributed by atoms with van der Waals surface area (Å²) in [4.78, 5) is 10.3. The van der Waals surface area contributed by atoms with Crippen molar-refractivity contribution in [3.63, 3.8) is 0 Å². The zero-order valence-corrected chi connectivity index (χ0v) is 21.2. The van der Waals surface area contributed by atoms with Crippen LogP contribution < -0.4 is 5.32 Å². The topological polar surface area (TPSA) is 226 Å². The fraction of sp³-hybridized carbons (Fsp3) is 0.150. The van der Waals surface area contributed by atoms with Crippen molar-refractivity contribution >= 4 is 64.1 Å². The number of sulfone groups is 1. The molecular weight excluding hydrogens is 554 g/mol. The Morgan fingerprint density at radius 3 is 2.16 bits per heavy atom. The highest BCUT2D eigenvalue weighted by molar-refractivity contribution is 7.91. The maximum atomic E-state index is 12.3. The number of phenolic OH excluding ortho intramolecular Hbond substituents is 1. The molecule has 0 saturated carbocycles. The number of hydrogen-bond acceptors (Lipinski definition) is 11. The molecule has 0 aliphatic heterocycles. The van der Waals surface area contributed by atoms with E-state index in [0.29, 0.717) is 5.69 Å². The Labute approximate surface area is 211 Å². The molecule has 3 aromatic rings. The number of rotatable bonds is 9. The standard InChI is InChI=1S/C20H19N3O11S3/c1-12(24)21-15-4-7-17-13(10-15)11-18(36(28,29)30)19(20(17)25)23-22-14-2-5-16(6-3-14)35(26,27)9-8-34-37(31,32)33/h2-7,10-11,25H,8-9H2,1H3,(H,21,24)(H,28,29,30)(H,31,32,33). The molecule has 0 aromatic heterocycles. The van der Waals surface area contributed by atoms with Crippen molar-refractivity contribution in [2.75, 3.05) is 17.7 Å². The second-order valence-corrected chi connectivity index (χ2v) is 12.0. The minimum atomic E-state index is -4.89. The molecule has 0 radical (unpaired) electrons. The van der Waals surface area contributed by atoms with Crippen molar-refractivity contribution in [1.82, 2.24) is 0 Å². The van der Waals surface area contributed by atoms with Crippen molar-refractivity contribution in [3.05, 3.63) is 48.5 Å². The van der Waals surface area contributed by atoms with Gasteiger partial charge in [-0.2, -0.15) is 21.9 Å². The number of phenols is 1. The van der Waals surface area contributed by atoms with E-state index in [1.54, 1.807) is 0 Å². The molecule has 0 atom stereocenters. The van der Waals surface area contributed by atoms with Crippen LogP contribution in [0, 0.1) is 0 Å². The molecule has 198 valence electrons. The highest BCUT2D eigenvalue weighted by Crippen LogP contribution is 2.42. The average Bonchev–Trinajstić information content (AvgIpc) is 2.76. The molecule has 0 aliphatic carbocycles. The summed E-state index contributed by atoms with van der Waals surface area (Å²) in [5.41, 5.74) is -0.231. The highest BCUT2D eigenvalue weighted by Gasteiger charge is 2.22. The van der Waals surface area contributed by atoms with Gasteiger partial charge in [-0.05, 0) is 53.9 Å². The lowest BCUT2D eigenvalue weighted by molar-refractivity contribution is -0.114. The van der Waals surface area contributed by atoms with Crippen LogP contribution in [0.3, 0.4) is 0 Å². The minimum Gasteiger partial charge on any atom is -0.505 e. The first-order valence-corrected chi connectivity index (χ1v) is 14.4. The number of amides is 1. The molecule has 4 N–H and O–H groups in total. The number of carbonyl (C=O) groups is 1. The smallest absolute Gasteiger partial charge is 0.397 e. The molecule has 1 amide bonds. The monoisotopic (exact) mass is 573 g/mol. The van der Waals surface area contributed by atoms with Crippen molar-refractivity contribution in [2.45, 2.75) is 16.7 Å². The number of nitrogens with one attached hydrogen (secondary N) is 1. The Kier molecular flexibility index (Phi) is 7.96. The molecule has 0 bridgehead atoms. The zero-order chi connectivity index (χ0) is 27.6. The lowest BCUT2D eigenvalue weighted by atomic mass is 10.1. The largest absolute Gasteiger partial charge is 0.505 e. The van der Waals surface area contributed by atoms with Crippen molar-refractivity contribution in [1.29, 1.82) is 0 Å². The summed E-state index contributed by atoms with van der Waals surface area (Å²) >= 11 is 0. The third-order valence-electron chi connectivity index (χ3n) is 4.69. The Balaban J connectivity index is 1.95. The van der Waals surface area contributed by atoms with Gasteiger partial charge in [0.2, 0.25) is 5.91 Å². The van der Waals surface area contributed by atoms with Gasteiger partial charge in [0.05, 0.1) is 22.9 Å². The van der Waals surface area contributed by atoms with Gasteiger partial charge in [0.1, 0.15) is 10.6 Å². The first kappa shape index (κ1) is 28.1. The molecule has 0 spiro atoms. The van der Waals surface area contributed by atoms with E-state index in [0.717, 1.165) is 18.2 Å². The number of anilines is 1. The van der Waals surface area contributed by atoms with Crippen LogP contribution in [0.4, 0.5) is 17.1 Å². The summed E-state index contributed by atoms with van der Waals surface area (Å²) in [5.74, 6) is -1.75. The Morgan fingerprint density at radius 1 is 0.946 bits per heavy atom. The van der Waals surface area contributed by atoms with Crippen LogP contribution in [0.5, 0.6) is 5.75 Å². The average molecular weight is 574 g/mol. The van der Waals surface area contributed by atoms with Crippen LogP contribution in [-0.4, -0.2) is 57.7 Å². The molecule has 0 saturated heterocycles. The SMILES string of the molecule is CC(=O)Nc1ccc2c(O)c(N=Nc3ccc(S(=O)(=O)CCOS(=O)(=O)O)cc3)c(S(=O)(=O)O)cc2c1. The summed E-state index contributed by atoms with van der Waals surface area (Å²) in [6.07, 6.45) is 0. The number of carbonyl (C=O) groups excluding carboxylic acids is 1. The molecule has 0 unspecified atom stereocenters. The van der Waals surface area contributed by atoms with Crippen LogP contribution >= 0.6 is 0 Å². The number of azo groups is 1. The Hall–Kier alpha value is -3.48. The summed E-state index contributed by atoms with van der Waals surface area (Å²) in [6, 6.07) is 9.90. The van der Waals surface area contributed by atoms with E-state index in [4.69, 9.17) is 4.55 Å². The van der Waals surface area contributed by atoms with Gasteiger partial charge in [-0.25, -0.2) is 12.6 Å². The number of hydrogen-bond donors (Lipinski definition) is 4. The van der Waals surface area contributed by atoms with Gasteiger partial charge < -0.3 is 10.4 Å². The summed E-state index contributed by atoms with van der Waals surface area (Å²) in [7, 11) is -13.7. The van der Waals surface area contributed by atoms with E-state index in [1.807, 2.05) is 0 Å². The fourth-order valence-electron chi connectivity index (χ4n) is 3.12. The van der Waals surface area contributed by atoms with E-state index >= 15 is 0 Å². The molecular formula is C20H19N3O11S3. The Morgan fingerprint density at radius 2 is 1.59 bits per heavy atom. The fourth-order valence-corrected chi connectivity index (χ4v) is 5.27. The lowest BCUT2D eigenvalue weighted by Crippen LogP contribution is -2.15. The predicted octanol–water partition coefficient (Wildman–Crippen LogP) is 2.76. The summed E-state index contributed by atoms with van der Waals surface area (Å²) in [6.45, 7) is 0.462. The molecule has 3 aromatic carbocycles. The van der Waals surface area contributed by atoms with Gasteiger partial charge >= 0.3 is 10.4 Å². The predicted molar refractivity (Wildman–Crippen MR) is 130 cm³/mol. The van der Waals surface area contributed by atoms with Gasteiger partial charge in [-0.3, -0.25) is 13.9 Å². The summed E-state index contributed by atoms with van der Waals surface area (Å²) in [5, 5.41) is 21.0. The van der Waals surface area contributed by atoms with Gasteiger partial charge in [-0.1, -0.05) is 0 Å². The van der Waals surface area contributed by atoms with Crippen LogP contribution in [-0.2, 0) is 39.3 Å². The van der Waals surface area contributed by atoms with E-state index < -0.39 is 59.0 Å². The van der Waals surface area contributed by atoms with Gasteiger partial charge in [0.15, 0.2) is 15.6 Å². The molecule has 3 rings (SSSR count). The van der Waals surface area contributed by atoms with Crippen LogP contribution in [0.1, 0.15) is 6.92 Å².